The summed E-state index contributed by atoms with van der Waals surface area (Å²) in [5, 5.41) is 0. The molecular weight excluding hydrogens is 210 g/mol. The van der Waals surface area contributed by atoms with E-state index in [0.29, 0.717) is 17.9 Å². The normalized spacial score (nSPS) is 23.6. The maximum atomic E-state index is 12.2. The van der Waals surface area contributed by atoms with Crippen molar-refractivity contribution in [3.8, 4) is 0 Å². The van der Waals surface area contributed by atoms with Gasteiger partial charge in [-0.15, -0.1) is 0 Å². The van der Waals surface area contributed by atoms with E-state index in [2.05, 4.69) is 4.90 Å². The van der Waals surface area contributed by atoms with E-state index in [-0.39, 0.29) is 0 Å². The lowest BCUT2D eigenvalue weighted by Crippen LogP contribution is -2.39. The van der Waals surface area contributed by atoms with Crippen LogP contribution in [0.1, 0.15) is 70.6 Å². The molecule has 2 nitrogen and oxygen atoms in total. The van der Waals surface area contributed by atoms with Crippen LogP contribution in [-0.2, 0) is 4.79 Å². The first-order valence-corrected chi connectivity index (χ1v) is 7.53. The van der Waals surface area contributed by atoms with Gasteiger partial charge in [-0.1, -0.05) is 38.5 Å². The molecule has 1 amide bonds. The Morgan fingerprint density at radius 2 is 1.47 bits per heavy atom. The second kappa shape index (κ2) is 6.42. The van der Waals surface area contributed by atoms with Gasteiger partial charge in [0, 0.05) is 19.5 Å². The minimum Gasteiger partial charge on any atom is -0.343 e. The highest BCUT2D eigenvalue weighted by molar-refractivity contribution is 5.76. The first-order valence-electron chi connectivity index (χ1n) is 7.53. The molecule has 0 aromatic rings. The van der Waals surface area contributed by atoms with Gasteiger partial charge in [-0.25, -0.2) is 0 Å². The van der Waals surface area contributed by atoms with Crippen LogP contribution in [-0.4, -0.2) is 23.9 Å². The van der Waals surface area contributed by atoms with Crippen LogP contribution in [0.2, 0.25) is 0 Å². The van der Waals surface area contributed by atoms with Crippen LogP contribution in [0, 0.1) is 5.92 Å². The van der Waals surface area contributed by atoms with Crippen molar-refractivity contribution in [2.45, 2.75) is 76.7 Å². The highest BCUT2D eigenvalue weighted by atomic mass is 16.2. The number of hydrogen-bond donors (Lipinski definition) is 0. The Labute approximate surface area is 106 Å². The Morgan fingerprint density at radius 1 is 0.941 bits per heavy atom. The van der Waals surface area contributed by atoms with E-state index >= 15 is 0 Å². The fourth-order valence-electron chi connectivity index (χ4n) is 3.45. The molecule has 0 aromatic heterocycles. The number of nitrogens with zero attached hydrogens (tertiary/aromatic N) is 1. The summed E-state index contributed by atoms with van der Waals surface area (Å²) in [6.45, 7) is 0. The predicted molar refractivity (Wildman–Crippen MR) is 70.8 cm³/mol. The molecule has 0 radical (unpaired) electrons. The van der Waals surface area contributed by atoms with Crippen molar-refractivity contribution < 1.29 is 4.79 Å². The van der Waals surface area contributed by atoms with Gasteiger partial charge in [-0.3, -0.25) is 4.79 Å². The van der Waals surface area contributed by atoms with Crippen LogP contribution in [0.5, 0.6) is 0 Å². The van der Waals surface area contributed by atoms with Gasteiger partial charge in [0.2, 0.25) is 5.91 Å². The Bertz CT molecular complexity index is 239. The molecule has 0 atom stereocenters. The second-order valence-corrected chi connectivity index (χ2v) is 6.00. The van der Waals surface area contributed by atoms with Gasteiger partial charge in [-0.2, -0.15) is 0 Å². The van der Waals surface area contributed by atoms with Gasteiger partial charge in [-0.05, 0) is 31.6 Å². The molecule has 2 rings (SSSR count). The lowest BCUT2D eigenvalue weighted by atomic mass is 9.86. The average molecular weight is 237 g/mol. The molecule has 0 bridgehead atoms. The quantitative estimate of drug-likeness (QED) is 0.732. The Morgan fingerprint density at radius 3 is 2.06 bits per heavy atom. The second-order valence-electron chi connectivity index (χ2n) is 6.00. The van der Waals surface area contributed by atoms with Gasteiger partial charge in [0.25, 0.3) is 0 Å². The van der Waals surface area contributed by atoms with Crippen molar-refractivity contribution in [3.05, 3.63) is 0 Å². The zero-order valence-corrected chi connectivity index (χ0v) is 11.3. The topological polar surface area (TPSA) is 20.3 Å². The Kier molecular flexibility index (Phi) is 4.87. The number of hydrogen-bond acceptors (Lipinski definition) is 1. The smallest absolute Gasteiger partial charge is 0.222 e. The van der Waals surface area contributed by atoms with Gasteiger partial charge in [0.1, 0.15) is 0 Å². The molecule has 17 heavy (non-hydrogen) atoms. The maximum Gasteiger partial charge on any atom is 0.222 e. The van der Waals surface area contributed by atoms with Crippen molar-refractivity contribution >= 4 is 5.91 Å². The van der Waals surface area contributed by atoms with E-state index in [1.807, 2.05) is 7.05 Å². The molecule has 2 fully saturated rings. The molecule has 2 aliphatic rings. The van der Waals surface area contributed by atoms with Crippen LogP contribution >= 0.6 is 0 Å². The summed E-state index contributed by atoms with van der Waals surface area (Å²) in [4.78, 5) is 14.3. The molecule has 0 N–H and O–H groups in total. The SMILES string of the molecule is CN(C(=O)CC1CCCCC1)C1CCCCC1. The fraction of sp³-hybridized carbons (Fsp3) is 0.933. The number of amides is 1. The van der Waals surface area contributed by atoms with Crippen LogP contribution < -0.4 is 0 Å². The largest absolute Gasteiger partial charge is 0.343 e. The molecule has 0 unspecified atom stereocenters. The van der Waals surface area contributed by atoms with Gasteiger partial charge in [0.15, 0.2) is 0 Å². The number of carbonyl (C=O) groups excluding carboxylic acids is 1. The maximum absolute atomic E-state index is 12.2. The third-order valence-corrected chi connectivity index (χ3v) is 4.70. The molecule has 2 saturated carbocycles. The van der Waals surface area contributed by atoms with E-state index in [1.165, 1.54) is 64.2 Å². The van der Waals surface area contributed by atoms with Crippen molar-refractivity contribution in [1.82, 2.24) is 4.90 Å². The molecule has 2 aliphatic carbocycles. The standard InChI is InChI=1S/C15H27NO/c1-16(14-10-6-3-7-11-14)15(17)12-13-8-4-2-5-9-13/h13-14H,2-12H2,1H3. The summed E-state index contributed by atoms with van der Waals surface area (Å²) in [6, 6.07) is 0.542. The van der Waals surface area contributed by atoms with Crippen molar-refractivity contribution in [2.75, 3.05) is 7.05 Å². The van der Waals surface area contributed by atoms with Gasteiger partial charge < -0.3 is 4.90 Å². The van der Waals surface area contributed by atoms with Crippen LogP contribution in [0.25, 0.3) is 0 Å². The molecule has 0 heterocycles. The highest BCUT2D eigenvalue weighted by Crippen LogP contribution is 2.28. The zero-order chi connectivity index (χ0) is 12.1. The van der Waals surface area contributed by atoms with Crippen LogP contribution in [0.4, 0.5) is 0 Å². The molecule has 2 heteroatoms. The van der Waals surface area contributed by atoms with Crippen LogP contribution in [0.15, 0.2) is 0 Å². The highest BCUT2D eigenvalue weighted by Gasteiger charge is 2.24. The lowest BCUT2D eigenvalue weighted by molar-refractivity contribution is -0.133. The Balaban J connectivity index is 1.77. The van der Waals surface area contributed by atoms with Crippen molar-refractivity contribution in [1.29, 1.82) is 0 Å². The third kappa shape index (κ3) is 3.72. The van der Waals surface area contributed by atoms with E-state index < -0.39 is 0 Å². The molecule has 0 aromatic carbocycles. The Hall–Kier alpha value is -0.530. The van der Waals surface area contributed by atoms with Crippen molar-refractivity contribution in [2.24, 2.45) is 5.92 Å². The number of carbonyl (C=O) groups is 1. The molecular formula is C15H27NO. The summed E-state index contributed by atoms with van der Waals surface area (Å²) in [5.74, 6) is 1.09. The minimum atomic E-state index is 0.406. The molecule has 0 spiro atoms. The molecule has 0 aliphatic heterocycles. The van der Waals surface area contributed by atoms with Gasteiger partial charge in [0.05, 0.1) is 0 Å². The lowest BCUT2D eigenvalue weighted by Gasteiger charge is -2.32. The monoisotopic (exact) mass is 237 g/mol. The summed E-state index contributed by atoms with van der Waals surface area (Å²) in [6.07, 6.45) is 13.9. The summed E-state index contributed by atoms with van der Waals surface area (Å²) >= 11 is 0. The average Bonchev–Trinajstić information content (AvgIpc) is 2.40. The van der Waals surface area contributed by atoms with E-state index in [9.17, 15) is 4.79 Å². The zero-order valence-electron chi connectivity index (χ0n) is 11.3. The van der Waals surface area contributed by atoms with Gasteiger partial charge >= 0.3 is 0 Å². The van der Waals surface area contributed by atoms with E-state index in [4.69, 9.17) is 0 Å². The summed E-state index contributed by atoms with van der Waals surface area (Å²) < 4.78 is 0. The first kappa shape index (κ1) is 12.9. The summed E-state index contributed by atoms with van der Waals surface area (Å²) in [7, 11) is 2.03. The molecule has 98 valence electrons. The minimum absolute atomic E-state index is 0.406. The number of rotatable bonds is 3. The fourth-order valence-corrected chi connectivity index (χ4v) is 3.45. The first-order chi connectivity index (χ1) is 8.27. The molecule has 0 saturated heterocycles. The predicted octanol–water partition coefficient (Wildman–Crippen LogP) is 3.75. The summed E-state index contributed by atoms with van der Waals surface area (Å²) in [5.41, 5.74) is 0. The third-order valence-electron chi connectivity index (χ3n) is 4.70. The van der Waals surface area contributed by atoms with E-state index in [0.717, 1.165) is 6.42 Å². The van der Waals surface area contributed by atoms with Crippen molar-refractivity contribution in [3.63, 3.8) is 0 Å². The van der Waals surface area contributed by atoms with E-state index in [1.54, 1.807) is 0 Å². The van der Waals surface area contributed by atoms with Crippen LogP contribution in [0.3, 0.4) is 0 Å².